The quantitative estimate of drug-likeness (QED) is 0.369. The predicted molar refractivity (Wildman–Crippen MR) is 85.3 cm³/mol. The van der Waals surface area contributed by atoms with E-state index in [1.807, 2.05) is 27.7 Å². The molecule has 0 radical (unpaired) electrons. The highest BCUT2D eigenvalue weighted by atomic mass is 79.9. The minimum absolute atomic E-state index is 0.278. The first-order chi connectivity index (χ1) is 9.94. The van der Waals surface area contributed by atoms with Crippen molar-refractivity contribution in [2.24, 2.45) is 0 Å². The summed E-state index contributed by atoms with van der Waals surface area (Å²) in [7, 11) is 0. The molecule has 4 atom stereocenters. The van der Waals surface area contributed by atoms with E-state index in [9.17, 15) is 4.79 Å². The molecule has 0 aliphatic heterocycles. The summed E-state index contributed by atoms with van der Waals surface area (Å²) in [5.74, 6) is 0. The van der Waals surface area contributed by atoms with Crippen LogP contribution in [0.3, 0.4) is 0 Å². The number of carbonyl (C=O) groups is 1. The van der Waals surface area contributed by atoms with Gasteiger partial charge in [0.15, 0.2) is 12.6 Å². The van der Waals surface area contributed by atoms with Crippen LogP contribution in [-0.2, 0) is 23.7 Å². The Morgan fingerprint density at radius 2 is 1.67 bits per heavy atom. The maximum atomic E-state index is 10.8. The number of carbonyl (C=O) groups excluding carboxylic acids is 1. The van der Waals surface area contributed by atoms with Crippen molar-refractivity contribution in [3.63, 3.8) is 0 Å². The second-order valence-corrected chi connectivity index (χ2v) is 5.53. The Morgan fingerprint density at radius 1 is 1.14 bits per heavy atom. The third-order valence-corrected chi connectivity index (χ3v) is 3.24. The first-order valence-electron chi connectivity index (χ1n) is 7.26. The summed E-state index contributed by atoms with van der Waals surface area (Å²) in [5.41, 5.74) is 0. The molecule has 21 heavy (non-hydrogen) atoms. The molecule has 0 aliphatic rings. The van der Waals surface area contributed by atoms with Crippen LogP contribution >= 0.6 is 15.9 Å². The van der Waals surface area contributed by atoms with Gasteiger partial charge in [-0.05, 0) is 27.7 Å². The van der Waals surface area contributed by atoms with Gasteiger partial charge in [-0.25, -0.2) is 0 Å². The Morgan fingerprint density at radius 3 is 2.10 bits per heavy atom. The molecule has 0 aromatic rings. The van der Waals surface area contributed by atoms with E-state index in [2.05, 4.69) is 22.5 Å². The normalized spacial score (nSPS) is 17.0. The van der Waals surface area contributed by atoms with E-state index >= 15 is 0 Å². The molecule has 0 N–H and O–H groups in total. The summed E-state index contributed by atoms with van der Waals surface area (Å²) in [5, 5.41) is 0. The summed E-state index contributed by atoms with van der Waals surface area (Å²) in [6, 6.07) is 0. The van der Waals surface area contributed by atoms with Crippen molar-refractivity contribution in [3.05, 3.63) is 11.1 Å². The third-order valence-electron chi connectivity index (χ3n) is 2.73. The molecule has 5 nitrogen and oxygen atoms in total. The molecule has 0 aromatic carbocycles. The summed E-state index contributed by atoms with van der Waals surface area (Å²) in [6.07, 6.45) is 0.299. The summed E-state index contributed by atoms with van der Waals surface area (Å²) in [4.78, 5) is 10.8. The molecule has 124 valence electrons. The Balaban J connectivity index is 4.58. The molecule has 0 amide bonds. The third kappa shape index (κ3) is 10.1. The Labute approximate surface area is 136 Å². The van der Waals surface area contributed by atoms with Gasteiger partial charge in [-0.15, -0.1) is 0 Å². The number of hydrogen-bond acceptors (Lipinski definition) is 5. The van der Waals surface area contributed by atoms with E-state index in [0.717, 1.165) is 6.29 Å². The molecular formula is C15H27BrO5. The van der Waals surface area contributed by atoms with Crippen molar-refractivity contribution >= 4 is 22.2 Å². The second kappa shape index (κ2) is 12.3. The van der Waals surface area contributed by atoms with Crippen molar-refractivity contribution in [3.8, 4) is 0 Å². The van der Waals surface area contributed by atoms with Gasteiger partial charge in [-0.2, -0.15) is 0 Å². The minimum Gasteiger partial charge on any atom is -0.353 e. The number of ether oxygens (including phenoxy) is 4. The molecule has 0 aliphatic carbocycles. The van der Waals surface area contributed by atoms with E-state index in [1.165, 1.54) is 0 Å². The monoisotopic (exact) mass is 366 g/mol. The van der Waals surface area contributed by atoms with E-state index in [1.54, 1.807) is 0 Å². The van der Waals surface area contributed by atoms with Crippen molar-refractivity contribution in [1.29, 1.82) is 0 Å². The number of rotatable bonds is 13. The standard InChI is InChI=1S/C15H27BrO5/c1-6-18-12(4)20-14(8-9-17)10-15(11(3)16)21-13(5)19-7-2/h9,12-15H,3,6-8,10H2,1-2,4-5H3/t12?,13?,14-,15+/m1/s1. The Hall–Kier alpha value is -0.270. The molecule has 0 saturated carbocycles. The molecule has 2 unspecified atom stereocenters. The largest absolute Gasteiger partial charge is 0.353 e. The van der Waals surface area contributed by atoms with Crippen molar-refractivity contribution in [2.45, 2.75) is 65.3 Å². The van der Waals surface area contributed by atoms with Gasteiger partial charge in [-0.3, -0.25) is 0 Å². The van der Waals surface area contributed by atoms with Crippen LogP contribution in [0.2, 0.25) is 0 Å². The predicted octanol–water partition coefficient (Wildman–Crippen LogP) is 3.41. The van der Waals surface area contributed by atoms with Gasteiger partial charge in [0.1, 0.15) is 6.29 Å². The zero-order chi connectivity index (χ0) is 16.3. The maximum absolute atomic E-state index is 10.8. The first-order valence-corrected chi connectivity index (χ1v) is 8.05. The van der Waals surface area contributed by atoms with E-state index in [0.29, 0.717) is 24.1 Å². The SMILES string of the molecule is C=C(Br)[C@H](C[C@@H](CC=O)OC(C)OCC)OC(C)OCC. The fourth-order valence-corrected chi connectivity index (χ4v) is 2.16. The lowest BCUT2D eigenvalue weighted by Gasteiger charge is -2.27. The van der Waals surface area contributed by atoms with Gasteiger partial charge < -0.3 is 23.7 Å². The lowest BCUT2D eigenvalue weighted by molar-refractivity contribution is -0.182. The molecule has 0 aromatic heterocycles. The van der Waals surface area contributed by atoms with Gasteiger partial charge in [-0.1, -0.05) is 22.5 Å². The van der Waals surface area contributed by atoms with Gasteiger partial charge >= 0.3 is 0 Å². The number of aldehydes is 1. The molecule has 0 bridgehead atoms. The molecule has 6 heteroatoms. The van der Waals surface area contributed by atoms with Gasteiger partial charge in [0.05, 0.1) is 12.2 Å². The van der Waals surface area contributed by atoms with Crippen LogP contribution < -0.4 is 0 Å². The molecular weight excluding hydrogens is 340 g/mol. The minimum atomic E-state index is -0.367. The first kappa shape index (κ1) is 20.7. The van der Waals surface area contributed by atoms with Crippen molar-refractivity contribution in [1.82, 2.24) is 0 Å². The lowest BCUT2D eigenvalue weighted by Crippen LogP contribution is -2.30. The van der Waals surface area contributed by atoms with Crippen LogP contribution in [0.1, 0.15) is 40.5 Å². The van der Waals surface area contributed by atoms with E-state index in [-0.39, 0.29) is 31.2 Å². The number of hydrogen-bond donors (Lipinski definition) is 0. The molecule has 0 saturated heterocycles. The summed E-state index contributed by atoms with van der Waals surface area (Å²) >= 11 is 3.35. The zero-order valence-corrected chi connectivity index (χ0v) is 14.9. The van der Waals surface area contributed by atoms with Crippen LogP contribution in [0.5, 0.6) is 0 Å². The van der Waals surface area contributed by atoms with Gasteiger partial charge in [0, 0.05) is 30.5 Å². The lowest BCUT2D eigenvalue weighted by atomic mass is 10.1. The maximum Gasteiger partial charge on any atom is 0.155 e. The second-order valence-electron chi connectivity index (χ2n) is 4.51. The summed E-state index contributed by atoms with van der Waals surface area (Å²) < 4.78 is 22.9. The van der Waals surface area contributed by atoms with Crippen LogP contribution in [0.15, 0.2) is 11.1 Å². The molecule has 0 spiro atoms. The zero-order valence-electron chi connectivity index (χ0n) is 13.3. The highest BCUT2D eigenvalue weighted by molar-refractivity contribution is 9.11. The average Bonchev–Trinajstić information content (AvgIpc) is 2.38. The summed E-state index contributed by atoms with van der Waals surface area (Å²) in [6.45, 7) is 12.4. The molecule has 0 fully saturated rings. The highest BCUT2D eigenvalue weighted by Crippen LogP contribution is 2.22. The highest BCUT2D eigenvalue weighted by Gasteiger charge is 2.23. The topological polar surface area (TPSA) is 54.0 Å². The van der Waals surface area contributed by atoms with Gasteiger partial charge in [0.2, 0.25) is 0 Å². The van der Waals surface area contributed by atoms with Crippen molar-refractivity contribution in [2.75, 3.05) is 13.2 Å². The molecule has 0 rings (SSSR count). The van der Waals surface area contributed by atoms with Crippen LogP contribution in [-0.4, -0.2) is 44.3 Å². The number of halogens is 1. The van der Waals surface area contributed by atoms with Crippen molar-refractivity contribution < 1.29 is 23.7 Å². The smallest absolute Gasteiger partial charge is 0.155 e. The fourth-order valence-electron chi connectivity index (χ4n) is 1.86. The van der Waals surface area contributed by atoms with Crippen LogP contribution in [0.4, 0.5) is 0 Å². The van der Waals surface area contributed by atoms with Crippen LogP contribution in [0.25, 0.3) is 0 Å². The Bertz CT molecular complexity index is 298. The van der Waals surface area contributed by atoms with Crippen LogP contribution in [0, 0.1) is 0 Å². The average molecular weight is 367 g/mol. The molecule has 0 heterocycles. The Kier molecular flexibility index (Phi) is 12.1. The van der Waals surface area contributed by atoms with E-state index < -0.39 is 0 Å². The van der Waals surface area contributed by atoms with E-state index in [4.69, 9.17) is 18.9 Å². The van der Waals surface area contributed by atoms with Gasteiger partial charge in [0.25, 0.3) is 0 Å². The fraction of sp³-hybridized carbons (Fsp3) is 0.800.